The molecule has 0 spiro atoms. The molecule has 0 aliphatic heterocycles. The van der Waals surface area contributed by atoms with E-state index < -0.39 is 0 Å². The number of hydrogen-bond acceptors (Lipinski definition) is 3. The SMILES string of the molecule is CC1=C[C@H](C)C[C@H](C)[C@H]1c1c(C)nn(-c2cc(Oc3ccc4c5ccccc5n(-c5cc(C(C)C)ccn5)c4c3)cc(C(C)(C)C)c2)c1C(C)C. The van der Waals surface area contributed by atoms with E-state index in [9.17, 15) is 0 Å². The van der Waals surface area contributed by atoms with Gasteiger partial charge in [0, 0.05) is 40.6 Å². The molecular weight excluding hydrogens is 625 g/mol. The highest BCUT2D eigenvalue weighted by Crippen LogP contribution is 2.45. The molecule has 1 aliphatic carbocycles. The fourth-order valence-corrected chi connectivity index (χ4v) is 8.51. The van der Waals surface area contributed by atoms with Crippen molar-refractivity contribution in [2.24, 2.45) is 11.8 Å². The number of nitrogens with zero attached hydrogens (tertiary/aromatic N) is 4. The van der Waals surface area contributed by atoms with Crippen molar-refractivity contribution in [2.75, 3.05) is 0 Å². The lowest BCUT2D eigenvalue weighted by Crippen LogP contribution is -2.21. The Balaban J connectivity index is 1.36. The summed E-state index contributed by atoms with van der Waals surface area (Å²) in [5.74, 6) is 4.77. The minimum atomic E-state index is -0.0893. The van der Waals surface area contributed by atoms with Gasteiger partial charge in [-0.25, -0.2) is 9.67 Å². The van der Waals surface area contributed by atoms with E-state index in [0.717, 1.165) is 39.7 Å². The number of hydrogen-bond donors (Lipinski definition) is 0. The van der Waals surface area contributed by atoms with E-state index in [2.05, 4.69) is 164 Å². The van der Waals surface area contributed by atoms with Crippen molar-refractivity contribution in [2.45, 2.75) is 106 Å². The highest BCUT2D eigenvalue weighted by molar-refractivity contribution is 6.09. The first-order valence-electron chi connectivity index (χ1n) is 18.8. The minimum Gasteiger partial charge on any atom is -0.457 e. The molecule has 264 valence electrons. The summed E-state index contributed by atoms with van der Waals surface area (Å²) >= 11 is 0. The Morgan fingerprint density at radius 3 is 2.25 bits per heavy atom. The van der Waals surface area contributed by atoms with Crippen LogP contribution in [0.5, 0.6) is 11.5 Å². The Morgan fingerprint density at radius 1 is 0.804 bits per heavy atom. The van der Waals surface area contributed by atoms with Gasteiger partial charge in [-0.3, -0.25) is 4.57 Å². The van der Waals surface area contributed by atoms with Gasteiger partial charge in [0.05, 0.1) is 28.1 Å². The highest BCUT2D eigenvalue weighted by Gasteiger charge is 2.33. The second-order valence-corrected chi connectivity index (χ2v) is 16.7. The molecule has 3 heterocycles. The number of para-hydroxylation sites is 1. The average Bonchev–Trinajstić information content (AvgIpc) is 3.58. The van der Waals surface area contributed by atoms with Gasteiger partial charge in [0.15, 0.2) is 0 Å². The lowest BCUT2D eigenvalue weighted by molar-refractivity contribution is 0.389. The molecule has 0 saturated heterocycles. The summed E-state index contributed by atoms with van der Waals surface area (Å²) in [6.45, 7) is 25.1. The van der Waals surface area contributed by atoms with E-state index in [-0.39, 0.29) is 5.41 Å². The van der Waals surface area contributed by atoms with Crippen molar-refractivity contribution in [3.05, 3.63) is 119 Å². The molecule has 6 aromatic rings. The zero-order valence-electron chi connectivity index (χ0n) is 32.4. The van der Waals surface area contributed by atoms with Crippen LogP contribution in [0.25, 0.3) is 33.3 Å². The number of ether oxygens (including phenoxy) is 1. The normalized spacial score (nSPS) is 18.3. The Kier molecular flexibility index (Phi) is 8.98. The number of benzene rings is 3. The van der Waals surface area contributed by atoms with Crippen LogP contribution in [0.4, 0.5) is 0 Å². The number of allylic oxidation sites excluding steroid dienone is 2. The summed E-state index contributed by atoms with van der Waals surface area (Å²) in [7, 11) is 0. The van der Waals surface area contributed by atoms with Crippen LogP contribution in [-0.4, -0.2) is 19.3 Å². The molecule has 0 unspecified atom stereocenters. The van der Waals surface area contributed by atoms with Gasteiger partial charge in [-0.1, -0.05) is 92.2 Å². The van der Waals surface area contributed by atoms with E-state index in [1.54, 1.807) is 0 Å². The quantitative estimate of drug-likeness (QED) is 0.158. The first-order valence-corrected chi connectivity index (χ1v) is 18.8. The van der Waals surface area contributed by atoms with E-state index in [1.165, 1.54) is 45.2 Å². The molecule has 3 aromatic carbocycles. The van der Waals surface area contributed by atoms with Crippen LogP contribution in [0.2, 0.25) is 0 Å². The van der Waals surface area contributed by atoms with Gasteiger partial charge >= 0.3 is 0 Å². The first-order chi connectivity index (χ1) is 24.2. The lowest BCUT2D eigenvalue weighted by atomic mass is 9.71. The van der Waals surface area contributed by atoms with E-state index in [0.29, 0.717) is 29.6 Å². The van der Waals surface area contributed by atoms with Gasteiger partial charge in [-0.2, -0.15) is 5.10 Å². The van der Waals surface area contributed by atoms with Gasteiger partial charge in [-0.15, -0.1) is 0 Å². The van der Waals surface area contributed by atoms with Gasteiger partial charge in [-0.05, 0) is 103 Å². The fourth-order valence-electron chi connectivity index (χ4n) is 8.51. The second kappa shape index (κ2) is 13.2. The number of aromatic nitrogens is 4. The molecule has 1 aliphatic rings. The Morgan fingerprint density at radius 2 is 1.55 bits per heavy atom. The standard InChI is InChI=1S/C46H54N4O/c1-27(2)33-18-19-47-42(22-33)49-40-15-13-12-14-38(40)39-17-16-36(26-41(39)49)51-37-24-34(46(9,10)11)23-35(25-37)50-45(28(3)4)44(32(8)48-50)43-30(6)20-29(5)21-31(43)7/h12-20,22-29,31,43H,21H2,1-11H3/t29-,31-,43-/m0/s1. The summed E-state index contributed by atoms with van der Waals surface area (Å²) in [5.41, 5.74) is 10.9. The van der Waals surface area contributed by atoms with Crippen LogP contribution in [0.1, 0.15) is 121 Å². The third kappa shape index (κ3) is 6.41. The zero-order chi connectivity index (χ0) is 36.4. The molecule has 0 fully saturated rings. The minimum absolute atomic E-state index is 0.0893. The lowest BCUT2D eigenvalue weighted by Gasteiger charge is -2.33. The van der Waals surface area contributed by atoms with Gasteiger partial charge in [0.2, 0.25) is 0 Å². The number of fused-ring (bicyclic) bond motifs is 3. The summed E-state index contributed by atoms with van der Waals surface area (Å²) in [6.07, 6.45) is 5.60. The zero-order valence-corrected chi connectivity index (χ0v) is 32.4. The van der Waals surface area contributed by atoms with Crippen molar-refractivity contribution in [1.82, 2.24) is 19.3 Å². The van der Waals surface area contributed by atoms with Gasteiger partial charge in [0.1, 0.15) is 17.3 Å². The fraction of sp³-hybridized carbons (Fsp3) is 0.391. The van der Waals surface area contributed by atoms with Gasteiger partial charge in [0.25, 0.3) is 0 Å². The van der Waals surface area contributed by atoms with Crippen molar-refractivity contribution in [3.8, 4) is 23.0 Å². The average molecular weight is 679 g/mol. The van der Waals surface area contributed by atoms with Crippen molar-refractivity contribution >= 4 is 21.8 Å². The molecule has 5 nitrogen and oxygen atoms in total. The molecule has 0 N–H and O–H groups in total. The van der Waals surface area contributed by atoms with E-state index >= 15 is 0 Å². The predicted octanol–water partition coefficient (Wildman–Crippen LogP) is 12.7. The predicted molar refractivity (Wildman–Crippen MR) is 213 cm³/mol. The molecule has 0 saturated carbocycles. The third-order valence-electron chi connectivity index (χ3n) is 10.9. The Bertz CT molecular complexity index is 2270. The van der Waals surface area contributed by atoms with Crippen molar-refractivity contribution < 1.29 is 4.74 Å². The molecule has 5 heteroatoms. The topological polar surface area (TPSA) is 44.9 Å². The van der Waals surface area contributed by atoms with E-state index in [1.807, 2.05) is 6.20 Å². The van der Waals surface area contributed by atoms with Crippen LogP contribution in [0, 0.1) is 18.8 Å². The van der Waals surface area contributed by atoms with Crippen LogP contribution in [0.3, 0.4) is 0 Å². The molecule has 0 amide bonds. The largest absolute Gasteiger partial charge is 0.457 e. The molecule has 0 radical (unpaired) electrons. The molecule has 3 atom stereocenters. The number of aryl methyl sites for hydroxylation is 1. The third-order valence-corrected chi connectivity index (χ3v) is 10.9. The molecule has 0 bridgehead atoms. The second-order valence-electron chi connectivity index (χ2n) is 16.7. The highest BCUT2D eigenvalue weighted by atomic mass is 16.5. The maximum atomic E-state index is 6.85. The Hall–Kier alpha value is -4.64. The van der Waals surface area contributed by atoms with Crippen molar-refractivity contribution in [1.29, 1.82) is 0 Å². The van der Waals surface area contributed by atoms with Crippen LogP contribution >= 0.6 is 0 Å². The monoisotopic (exact) mass is 678 g/mol. The first kappa shape index (κ1) is 34.8. The van der Waals surface area contributed by atoms with Crippen LogP contribution < -0.4 is 4.74 Å². The number of rotatable bonds is 7. The van der Waals surface area contributed by atoms with Crippen molar-refractivity contribution in [3.63, 3.8) is 0 Å². The maximum absolute atomic E-state index is 6.85. The molecule has 3 aromatic heterocycles. The summed E-state index contributed by atoms with van der Waals surface area (Å²) in [6, 6.07) is 26.0. The van der Waals surface area contributed by atoms with E-state index in [4.69, 9.17) is 14.8 Å². The van der Waals surface area contributed by atoms with Gasteiger partial charge < -0.3 is 4.74 Å². The Labute approximate surface area is 304 Å². The van der Waals surface area contributed by atoms with Crippen LogP contribution in [-0.2, 0) is 5.41 Å². The number of pyridine rings is 1. The van der Waals surface area contributed by atoms with Crippen LogP contribution in [0.15, 0.2) is 90.6 Å². The molecular formula is C46H54N4O. The summed E-state index contributed by atoms with van der Waals surface area (Å²) in [5, 5.41) is 7.67. The maximum Gasteiger partial charge on any atom is 0.137 e. The smallest absolute Gasteiger partial charge is 0.137 e. The molecule has 7 rings (SSSR count). The summed E-state index contributed by atoms with van der Waals surface area (Å²) < 4.78 is 11.3. The molecule has 51 heavy (non-hydrogen) atoms. The summed E-state index contributed by atoms with van der Waals surface area (Å²) in [4.78, 5) is 4.85.